The Morgan fingerprint density at radius 2 is 1.95 bits per heavy atom. The molecule has 0 aromatic heterocycles. The van der Waals surface area contributed by atoms with E-state index in [4.69, 9.17) is 0 Å². The minimum absolute atomic E-state index is 0.0844. The minimum atomic E-state index is -0.679. The summed E-state index contributed by atoms with van der Waals surface area (Å²) in [5, 5.41) is 5.19. The molecule has 0 aromatic carbocycles. The zero-order valence-electron chi connectivity index (χ0n) is 12.9. The van der Waals surface area contributed by atoms with Gasteiger partial charge in [0.25, 0.3) is 0 Å². The fraction of sp³-hybridized carbons (Fsp3) is 0.786. The van der Waals surface area contributed by atoms with E-state index in [1.54, 1.807) is 11.9 Å². The number of likely N-dealkylation sites (N-methyl/N-ethyl adjacent to an activating group) is 1. The number of methoxy groups -OCH3 is 1. The Hall–Kier alpha value is -1.79. The second kappa shape index (κ2) is 5.91. The number of carbonyl (C=O) groups is 3. The van der Waals surface area contributed by atoms with E-state index in [1.165, 1.54) is 7.11 Å². The predicted octanol–water partition coefficient (Wildman–Crippen LogP) is -0.0401. The van der Waals surface area contributed by atoms with Gasteiger partial charge in [0.2, 0.25) is 11.8 Å². The second-order valence-electron chi connectivity index (χ2n) is 6.07. The summed E-state index contributed by atoms with van der Waals surface area (Å²) in [6, 6.07) is -1.09. The molecule has 4 atom stereocenters. The van der Waals surface area contributed by atoms with Gasteiger partial charge in [-0.1, -0.05) is 13.8 Å². The van der Waals surface area contributed by atoms with Crippen LogP contribution in [0.4, 0.5) is 4.79 Å². The lowest BCUT2D eigenvalue weighted by Crippen LogP contribution is -2.56. The fourth-order valence-corrected chi connectivity index (χ4v) is 3.05. The summed E-state index contributed by atoms with van der Waals surface area (Å²) in [4.78, 5) is 37.7. The van der Waals surface area contributed by atoms with E-state index in [1.807, 2.05) is 13.8 Å². The lowest BCUT2D eigenvalue weighted by atomic mass is 10.0. The van der Waals surface area contributed by atoms with Crippen molar-refractivity contribution < 1.29 is 19.1 Å². The number of likely N-dealkylation sites (tertiary alicyclic amines) is 1. The van der Waals surface area contributed by atoms with Gasteiger partial charge in [0, 0.05) is 13.6 Å². The van der Waals surface area contributed by atoms with Crippen LogP contribution in [0.25, 0.3) is 0 Å². The van der Waals surface area contributed by atoms with Crippen LogP contribution < -0.4 is 10.6 Å². The molecule has 7 nitrogen and oxygen atoms in total. The van der Waals surface area contributed by atoms with Gasteiger partial charge in [-0.3, -0.25) is 9.59 Å². The number of nitrogens with one attached hydrogen (secondary N) is 2. The standard InChI is InChI=1S/C14H23N3O4/c1-7(2)10(16-14(20)21-4)13(19)17-6-8-5-9(8)11(17)12(18)15-3/h7-11H,5-6H2,1-4H3,(H,15,18)(H,16,20). The average Bonchev–Trinajstić information content (AvgIpc) is 3.13. The molecule has 1 aliphatic heterocycles. The monoisotopic (exact) mass is 297 g/mol. The molecule has 1 heterocycles. The molecule has 4 unspecified atom stereocenters. The summed E-state index contributed by atoms with van der Waals surface area (Å²) >= 11 is 0. The number of amides is 3. The maximum Gasteiger partial charge on any atom is 0.407 e. The van der Waals surface area contributed by atoms with Gasteiger partial charge in [-0.2, -0.15) is 0 Å². The minimum Gasteiger partial charge on any atom is -0.453 e. The van der Waals surface area contributed by atoms with Crippen molar-refractivity contribution >= 4 is 17.9 Å². The van der Waals surface area contributed by atoms with Crippen molar-refractivity contribution in [3.8, 4) is 0 Å². The first-order chi connectivity index (χ1) is 9.90. The normalized spacial score (nSPS) is 27.9. The number of alkyl carbamates (subject to hydrolysis) is 1. The smallest absolute Gasteiger partial charge is 0.407 e. The molecule has 2 aliphatic rings. The Bertz CT molecular complexity index is 452. The topological polar surface area (TPSA) is 87.7 Å². The van der Waals surface area contributed by atoms with Gasteiger partial charge in [-0.25, -0.2) is 4.79 Å². The van der Waals surface area contributed by atoms with E-state index in [2.05, 4.69) is 15.4 Å². The van der Waals surface area contributed by atoms with E-state index < -0.39 is 18.2 Å². The van der Waals surface area contributed by atoms with Crippen molar-refractivity contribution in [3.63, 3.8) is 0 Å². The second-order valence-corrected chi connectivity index (χ2v) is 6.07. The van der Waals surface area contributed by atoms with Gasteiger partial charge < -0.3 is 20.3 Å². The molecule has 0 aromatic rings. The molecule has 2 rings (SSSR count). The summed E-state index contributed by atoms with van der Waals surface area (Å²) in [6.45, 7) is 4.29. The van der Waals surface area contributed by atoms with Crippen LogP contribution in [0.1, 0.15) is 20.3 Å². The third kappa shape index (κ3) is 2.96. The zero-order chi connectivity index (χ0) is 15.7. The Morgan fingerprint density at radius 3 is 2.48 bits per heavy atom. The van der Waals surface area contributed by atoms with Crippen LogP contribution in [0, 0.1) is 17.8 Å². The molecule has 1 saturated heterocycles. The molecular formula is C14H23N3O4. The number of fused-ring (bicyclic) bond motifs is 1. The number of nitrogens with zero attached hydrogens (tertiary/aromatic N) is 1. The van der Waals surface area contributed by atoms with E-state index >= 15 is 0 Å². The molecule has 1 aliphatic carbocycles. The number of rotatable bonds is 4. The predicted molar refractivity (Wildman–Crippen MR) is 75.3 cm³/mol. The SMILES string of the molecule is CNC(=O)C1C2CC2CN1C(=O)C(NC(=O)OC)C(C)C. The van der Waals surface area contributed by atoms with Crippen LogP contribution in [0.5, 0.6) is 0 Å². The van der Waals surface area contributed by atoms with Crippen LogP contribution >= 0.6 is 0 Å². The van der Waals surface area contributed by atoms with Crippen molar-refractivity contribution in [2.45, 2.75) is 32.4 Å². The summed E-state index contributed by atoms with van der Waals surface area (Å²) in [6.07, 6.45) is 0.362. The number of hydrogen-bond donors (Lipinski definition) is 2. The molecule has 118 valence electrons. The van der Waals surface area contributed by atoms with Crippen LogP contribution in [0.3, 0.4) is 0 Å². The van der Waals surface area contributed by atoms with Crippen LogP contribution in [0.15, 0.2) is 0 Å². The summed E-state index contributed by atoms with van der Waals surface area (Å²) in [5.41, 5.74) is 0. The van der Waals surface area contributed by atoms with Crippen LogP contribution in [-0.2, 0) is 14.3 Å². The molecule has 2 N–H and O–H groups in total. The summed E-state index contributed by atoms with van der Waals surface area (Å²) < 4.78 is 4.57. The number of ether oxygens (including phenoxy) is 1. The average molecular weight is 297 g/mol. The highest BCUT2D eigenvalue weighted by atomic mass is 16.5. The maximum absolute atomic E-state index is 12.7. The van der Waals surface area contributed by atoms with E-state index in [0.717, 1.165) is 6.42 Å². The van der Waals surface area contributed by atoms with Gasteiger partial charge in [-0.05, 0) is 24.2 Å². The summed E-state index contributed by atoms with van der Waals surface area (Å²) in [5.74, 6) is 0.256. The van der Waals surface area contributed by atoms with Crippen molar-refractivity contribution in [2.75, 3.05) is 20.7 Å². The lowest BCUT2D eigenvalue weighted by molar-refractivity contribution is -0.141. The zero-order valence-corrected chi connectivity index (χ0v) is 12.9. The molecule has 3 amide bonds. The van der Waals surface area contributed by atoms with E-state index in [-0.39, 0.29) is 23.7 Å². The first kappa shape index (κ1) is 15.6. The van der Waals surface area contributed by atoms with Crippen molar-refractivity contribution in [2.24, 2.45) is 17.8 Å². The Morgan fingerprint density at radius 1 is 1.29 bits per heavy atom. The van der Waals surface area contributed by atoms with Gasteiger partial charge in [0.1, 0.15) is 12.1 Å². The fourth-order valence-electron chi connectivity index (χ4n) is 3.05. The Kier molecular flexibility index (Phi) is 4.39. The summed E-state index contributed by atoms with van der Waals surface area (Å²) in [7, 11) is 2.84. The van der Waals surface area contributed by atoms with Gasteiger partial charge >= 0.3 is 6.09 Å². The first-order valence-corrected chi connectivity index (χ1v) is 7.27. The molecule has 1 saturated carbocycles. The highest BCUT2D eigenvalue weighted by molar-refractivity contribution is 5.92. The number of carbonyl (C=O) groups excluding carboxylic acids is 3. The lowest BCUT2D eigenvalue weighted by Gasteiger charge is -2.31. The van der Waals surface area contributed by atoms with Crippen molar-refractivity contribution in [1.29, 1.82) is 0 Å². The largest absolute Gasteiger partial charge is 0.453 e. The maximum atomic E-state index is 12.7. The Balaban J connectivity index is 2.12. The molecule has 0 bridgehead atoms. The molecule has 21 heavy (non-hydrogen) atoms. The third-order valence-corrected chi connectivity index (χ3v) is 4.34. The van der Waals surface area contributed by atoms with Crippen LogP contribution in [0.2, 0.25) is 0 Å². The molecule has 0 radical (unpaired) electrons. The third-order valence-electron chi connectivity index (χ3n) is 4.34. The van der Waals surface area contributed by atoms with Gasteiger partial charge in [-0.15, -0.1) is 0 Å². The van der Waals surface area contributed by atoms with E-state index in [9.17, 15) is 14.4 Å². The van der Waals surface area contributed by atoms with Gasteiger partial charge in [0.15, 0.2) is 0 Å². The quantitative estimate of drug-likeness (QED) is 0.762. The molecule has 7 heteroatoms. The molecular weight excluding hydrogens is 274 g/mol. The Labute approximate surface area is 124 Å². The van der Waals surface area contributed by atoms with E-state index in [0.29, 0.717) is 12.5 Å². The van der Waals surface area contributed by atoms with Crippen LogP contribution in [-0.4, -0.2) is 55.6 Å². The number of piperidine rings is 1. The molecule has 0 spiro atoms. The highest BCUT2D eigenvalue weighted by Crippen LogP contribution is 2.49. The van der Waals surface area contributed by atoms with Crippen molar-refractivity contribution in [1.82, 2.24) is 15.5 Å². The highest BCUT2D eigenvalue weighted by Gasteiger charge is 2.57. The number of hydrogen-bond acceptors (Lipinski definition) is 4. The molecule has 2 fully saturated rings. The van der Waals surface area contributed by atoms with Crippen molar-refractivity contribution in [3.05, 3.63) is 0 Å². The first-order valence-electron chi connectivity index (χ1n) is 7.27. The van der Waals surface area contributed by atoms with Gasteiger partial charge in [0.05, 0.1) is 7.11 Å².